The largest absolute Gasteiger partial charge is 0.493 e. The SMILES string of the molecule is CC1COc2ccccc2C1NC1CCN(C)C1=O. The van der Waals surface area contributed by atoms with Gasteiger partial charge in [0.05, 0.1) is 12.6 Å². The van der Waals surface area contributed by atoms with Crippen LogP contribution in [0.25, 0.3) is 0 Å². The van der Waals surface area contributed by atoms with Crippen molar-refractivity contribution < 1.29 is 9.53 Å². The molecule has 3 atom stereocenters. The first-order valence-corrected chi connectivity index (χ1v) is 6.89. The minimum atomic E-state index is -0.0522. The smallest absolute Gasteiger partial charge is 0.239 e. The number of likely N-dealkylation sites (tertiary alicyclic amines) is 1. The average Bonchev–Trinajstić information content (AvgIpc) is 2.74. The lowest BCUT2D eigenvalue weighted by atomic mass is 9.91. The highest BCUT2D eigenvalue weighted by molar-refractivity contribution is 5.83. The maximum absolute atomic E-state index is 12.0. The fraction of sp³-hybridized carbons (Fsp3) is 0.533. The molecule has 3 unspecified atom stereocenters. The third-order valence-corrected chi connectivity index (χ3v) is 4.13. The number of para-hydroxylation sites is 1. The van der Waals surface area contributed by atoms with E-state index in [0.29, 0.717) is 12.5 Å². The van der Waals surface area contributed by atoms with E-state index in [1.165, 1.54) is 5.56 Å². The zero-order valence-electron chi connectivity index (χ0n) is 11.4. The quantitative estimate of drug-likeness (QED) is 0.877. The Morgan fingerprint density at radius 3 is 2.89 bits per heavy atom. The summed E-state index contributed by atoms with van der Waals surface area (Å²) in [6.07, 6.45) is 0.890. The summed E-state index contributed by atoms with van der Waals surface area (Å²) in [5.41, 5.74) is 1.17. The van der Waals surface area contributed by atoms with Crippen molar-refractivity contribution in [2.75, 3.05) is 20.2 Å². The number of hydrogen-bond donors (Lipinski definition) is 1. The van der Waals surface area contributed by atoms with E-state index in [0.717, 1.165) is 18.7 Å². The Kier molecular flexibility index (Phi) is 3.19. The number of ether oxygens (including phenoxy) is 1. The van der Waals surface area contributed by atoms with E-state index in [1.54, 1.807) is 4.90 Å². The van der Waals surface area contributed by atoms with Crippen molar-refractivity contribution in [1.29, 1.82) is 0 Å². The van der Waals surface area contributed by atoms with E-state index in [1.807, 2.05) is 25.2 Å². The van der Waals surface area contributed by atoms with Crippen LogP contribution in [-0.4, -0.2) is 37.0 Å². The van der Waals surface area contributed by atoms with E-state index in [2.05, 4.69) is 18.3 Å². The van der Waals surface area contributed by atoms with Crippen molar-refractivity contribution in [3.05, 3.63) is 29.8 Å². The van der Waals surface area contributed by atoms with Gasteiger partial charge in [0.15, 0.2) is 0 Å². The van der Waals surface area contributed by atoms with Gasteiger partial charge in [-0.3, -0.25) is 10.1 Å². The number of carbonyl (C=O) groups is 1. The zero-order chi connectivity index (χ0) is 13.4. The molecular formula is C15H20N2O2. The number of rotatable bonds is 2. The van der Waals surface area contributed by atoms with Gasteiger partial charge in [-0.05, 0) is 12.5 Å². The van der Waals surface area contributed by atoms with Crippen molar-refractivity contribution in [1.82, 2.24) is 10.2 Å². The summed E-state index contributed by atoms with van der Waals surface area (Å²) in [4.78, 5) is 13.8. The topological polar surface area (TPSA) is 41.6 Å². The standard InChI is InChI=1S/C15H20N2O2/c1-10-9-19-13-6-4-3-5-11(13)14(10)16-12-7-8-17(2)15(12)18/h3-6,10,12,14,16H,7-9H2,1-2H3. The second-order valence-electron chi connectivity index (χ2n) is 5.57. The summed E-state index contributed by atoms with van der Waals surface area (Å²) in [6, 6.07) is 8.25. The van der Waals surface area contributed by atoms with Gasteiger partial charge in [0.25, 0.3) is 0 Å². The van der Waals surface area contributed by atoms with E-state index >= 15 is 0 Å². The molecule has 4 nitrogen and oxygen atoms in total. The second-order valence-corrected chi connectivity index (χ2v) is 5.57. The first kappa shape index (κ1) is 12.5. The Balaban J connectivity index is 1.82. The maximum Gasteiger partial charge on any atom is 0.239 e. The van der Waals surface area contributed by atoms with Gasteiger partial charge >= 0.3 is 0 Å². The molecule has 19 heavy (non-hydrogen) atoms. The summed E-state index contributed by atoms with van der Waals surface area (Å²) in [7, 11) is 1.87. The van der Waals surface area contributed by atoms with Crippen LogP contribution in [-0.2, 0) is 4.79 Å². The van der Waals surface area contributed by atoms with Crippen molar-refractivity contribution >= 4 is 5.91 Å². The number of nitrogens with one attached hydrogen (secondary N) is 1. The molecule has 0 aliphatic carbocycles. The predicted octanol–water partition coefficient (Wildman–Crippen LogP) is 1.58. The monoisotopic (exact) mass is 260 g/mol. The van der Waals surface area contributed by atoms with Crippen LogP contribution in [0, 0.1) is 5.92 Å². The predicted molar refractivity (Wildman–Crippen MR) is 73.0 cm³/mol. The van der Waals surface area contributed by atoms with E-state index < -0.39 is 0 Å². The molecular weight excluding hydrogens is 240 g/mol. The van der Waals surface area contributed by atoms with E-state index in [-0.39, 0.29) is 18.0 Å². The molecule has 2 aliphatic rings. The van der Waals surface area contributed by atoms with Crippen LogP contribution in [0.2, 0.25) is 0 Å². The highest BCUT2D eigenvalue weighted by Gasteiger charge is 2.35. The van der Waals surface area contributed by atoms with Gasteiger partial charge in [-0.15, -0.1) is 0 Å². The molecule has 2 heterocycles. The molecule has 2 aliphatic heterocycles. The molecule has 3 rings (SSSR count). The van der Waals surface area contributed by atoms with Crippen molar-refractivity contribution in [2.45, 2.75) is 25.4 Å². The summed E-state index contributed by atoms with van der Waals surface area (Å²) < 4.78 is 5.74. The highest BCUT2D eigenvalue weighted by Crippen LogP contribution is 2.35. The Labute approximate surface area is 113 Å². The summed E-state index contributed by atoms with van der Waals surface area (Å²) in [5, 5.41) is 3.53. The Bertz CT molecular complexity index is 489. The molecule has 4 heteroatoms. The maximum atomic E-state index is 12.0. The summed E-state index contributed by atoms with van der Waals surface area (Å²) >= 11 is 0. The third-order valence-electron chi connectivity index (χ3n) is 4.13. The number of benzene rings is 1. The van der Waals surface area contributed by atoms with Gasteiger partial charge in [0.1, 0.15) is 5.75 Å². The van der Waals surface area contributed by atoms with Crippen LogP contribution in [0.1, 0.15) is 24.9 Å². The molecule has 102 valence electrons. The molecule has 1 saturated heterocycles. The zero-order valence-corrected chi connectivity index (χ0v) is 11.4. The molecule has 0 bridgehead atoms. The first-order chi connectivity index (χ1) is 9.16. The number of fused-ring (bicyclic) bond motifs is 1. The fourth-order valence-corrected chi connectivity index (χ4v) is 2.94. The molecule has 1 fully saturated rings. The normalized spacial score (nSPS) is 30.1. The minimum absolute atomic E-state index is 0.0522. The van der Waals surface area contributed by atoms with Gasteiger partial charge in [-0.25, -0.2) is 0 Å². The van der Waals surface area contributed by atoms with Crippen LogP contribution in [0.4, 0.5) is 0 Å². The average molecular weight is 260 g/mol. The molecule has 1 N–H and O–H groups in total. The van der Waals surface area contributed by atoms with Gasteiger partial charge < -0.3 is 9.64 Å². The van der Waals surface area contributed by atoms with Gasteiger partial charge in [-0.2, -0.15) is 0 Å². The van der Waals surface area contributed by atoms with Gasteiger partial charge in [-0.1, -0.05) is 25.1 Å². The fourth-order valence-electron chi connectivity index (χ4n) is 2.94. The molecule has 0 aromatic heterocycles. The number of nitrogens with zero attached hydrogens (tertiary/aromatic N) is 1. The number of carbonyl (C=O) groups excluding carboxylic acids is 1. The molecule has 1 aromatic rings. The number of amides is 1. The first-order valence-electron chi connectivity index (χ1n) is 6.89. The summed E-state index contributed by atoms with van der Waals surface area (Å²) in [5.74, 6) is 1.52. The Morgan fingerprint density at radius 1 is 1.37 bits per heavy atom. The number of likely N-dealkylation sites (N-methyl/N-ethyl adjacent to an activating group) is 1. The third kappa shape index (κ3) is 2.21. The molecule has 0 saturated carbocycles. The van der Waals surface area contributed by atoms with E-state index in [4.69, 9.17) is 4.74 Å². The molecule has 0 spiro atoms. The van der Waals surface area contributed by atoms with Gasteiger partial charge in [0, 0.05) is 31.1 Å². The molecule has 1 aromatic carbocycles. The highest BCUT2D eigenvalue weighted by atomic mass is 16.5. The molecule has 0 radical (unpaired) electrons. The van der Waals surface area contributed by atoms with Crippen LogP contribution in [0.5, 0.6) is 5.75 Å². The lowest BCUT2D eigenvalue weighted by Crippen LogP contribution is -2.43. The minimum Gasteiger partial charge on any atom is -0.493 e. The van der Waals surface area contributed by atoms with Crippen LogP contribution in [0.3, 0.4) is 0 Å². The van der Waals surface area contributed by atoms with Crippen LogP contribution >= 0.6 is 0 Å². The lowest BCUT2D eigenvalue weighted by Gasteiger charge is -2.33. The second kappa shape index (κ2) is 4.85. The van der Waals surface area contributed by atoms with Crippen molar-refractivity contribution in [3.8, 4) is 5.75 Å². The Hall–Kier alpha value is -1.55. The molecule has 1 amide bonds. The number of hydrogen-bond acceptors (Lipinski definition) is 3. The van der Waals surface area contributed by atoms with Crippen molar-refractivity contribution in [2.24, 2.45) is 5.92 Å². The lowest BCUT2D eigenvalue weighted by molar-refractivity contribution is -0.128. The van der Waals surface area contributed by atoms with Crippen LogP contribution < -0.4 is 10.1 Å². The Morgan fingerprint density at radius 2 is 2.16 bits per heavy atom. The van der Waals surface area contributed by atoms with Crippen molar-refractivity contribution in [3.63, 3.8) is 0 Å². The van der Waals surface area contributed by atoms with E-state index in [9.17, 15) is 4.79 Å². The van der Waals surface area contributed by atoms with Gasteiger partial charge in [0.2, 0.25) is 5.91 Å². The summed E-state index contributed by atoms with van der Waals surface area (Å²) in [6.45, 7) is 3.71. The van der Waals surface area contributed by atoms with Crippen LogP contribution in [0.15, 0.2) is 24.3 Å².